The van der Waals surface area contributed by atoms with Gasteiger partial charge in [0.2, 0.25) is 0 Å². The average molecular weight is 956 g/mol. The summed E-state index contributed by atoms with van der Waals surface area (Å²) in [5.74, 6) is -2.13. The fourth-order valence-electron chi connectivity index (χ4n) is 11.0. The number of Topliss-reactive ketones (excluding diaryl/α,β-unsaturated/α-hetero) is 1. The number of rotatable bonds is 18. The summed E-state index contributed by atoms with van der Waals surface area (Å²) >= 11 is 0. The fraction of sp³-hybridized carbons (Fsp3) is 0.608. The Morgan fingerprint density at radius 1 is 0.938 bits per heavy atom. The molecule has 4 aliphatic rings. The molecule has 8 atom stereocenters. The number of hydrogen-bond acceptors (Lipinski definition) is 9. The van der Waals surface area contributed by atoms with Crippen molar-refractivity contribution in [1.82, 2.24) is 0 Å². The first kappa shape index (κ1) is 52.9. The highest BCUT2D eigenvalue weighted by Crippen LogP contribution is 2.70. The van der Waals surface area contributed by atoms with Crippen LogP contribution in [0.15, 0.2) is 72.3 Å². The summed E-state index contributed by atoms with van der Waals surface area (Å²) < 4.78 is 29.1. The number of carbonyl (C=O) groups is 4. The van der Waals surface area contributed by atoms with Gasteiger partial charge in [0.1, 0.15) is 31.1 Å². The van der Waals surface area contributed by atoms with Gasteiger partial charge >= 0.3 is 5.97 Å². The van der Waals surface area contributed by atoms with Gasteiger partial charge in [-0.3, -0.25) is 14.4 Å². The van der Waals surface area contributed by atoms with E-state index >= 15 is 4.39 Å². The molecular weight excluding hydrogens is 883 g/mol. The number of carbonyl (C=O) groups excluding carboxylic acids is 4. The first-order chi connectivity index (χ1) is 29.9. The lowest BCUT2D eigenvalue weighted by Crippen LogP contribution is -3.00. The van der Waals surface area contributed by atoms with Crippen molar-refractivity contribution in [2.24, 2.45) is 28.6 Å². The largest absolute Gasteiger partial charge is 1.00 e. The number of esters is 1. The maximum atomic E-state index is 16.9. The lowest BCUT2D eigenvalue weighted by Gasteiger charge is -2.62. The average Bonchev–Trinajstić information content (AvgIpc) is 3.48. The van der Waals surface area contributed by atoms with Gasteiger partial charge in [-0.1, -0.05) is 76.7 Å². The van der Waals surface area contributed by atoms with Crippen LogP contribution in [0.3, 0.4) is 0 Å². The Hall–Kier alpha value is -3.75. The highest BCUT2D eigenvalue weighted by Gasteiger charge is 2.75. The molecule has 4 N–H and O–H groups in total. The van der Waals surface area contributed by atoms with Crippen LogP contribution in [0.25, 0.3) is 0 Å². The smallest absolute Gasteiger partial charge is 0.338 e. The number of unbranched alkanes of at least 4 members (excludes halogenated alkanes) is 5. The number of benzene rings is 2. The zero-order valence-electron chi connectivity index (χ0n) is 39.0. The van der Waals surface area contributed by atoms with E-state index in [1.165, 1.54) is 37.8 Å². The molecule has 0 heterocycles. The molecule has 0 radical (unpaired) electrons. The lowest BCUT2D eigenvalue weighted by molar-refractivity contribution is -0.906. The molecule has 0 saturated heterocycles. The molecule has 64 heavy (non-hydrogen) atoms. The molecule has 0 aliphatic heterocycles. The molecule has 6 rings (SSSR count). The van der Waals surface area contributed by atoms with E-state index in [1.807, 2.05) is 18.2 Å². The highest BCUT2D eigenvalue weighted by atomic mass is 79.9. The maximum Gasteiger partial charge on any atom is 0.338 e. The van der Waals surface area contributed by atoms with Gasteiger partial charge < -0.3 is 51.6 Å². The van der Waals surface area contributed by atoms with Crippen molar-refractivity contribution in [2.75, 3.05) is 51.8 Å². The molecule has 2 aromatic rings. The Labute approximate surface area is 390 Å². The number of nitrogens with one attached hydrogen (secondary N) is 1. The summed E-state index contributed by atoms with van der Waals surface area (Å²) in [6.45, 7) is 14.7. The van der Waals surface area contributed by atoms with Crippen LogP contribution < -0.4 is 27.0 Å². The molecule has 13 heteroatoms. The van der Waals surface area contributed by atoms with Crippen LogP contribution in [0.4, 0.5) is 10.1 Å². The minimum Gasteiger partial charge on any atom is -1.00 e. The van der Waals surface area contributed by atoms with Gasteiger partial charge in [0.05, 0.1) is 44.0 Å². The Balaban J connectivity index is 0.000000282. The quantitative estimate of drug-likeness (QED) is 0.0894. The summed E-state index contributed by atoms with van der Waals surface area (Å²) in [5, 5.41) is 34.9. The number of alkyl halides is 1. The summed E-state index contributed by atoms with van der Waals surface area (Å²) in [7, 11) is 2.16. The number of likely N-dealkylation sites (N-methyl/N-ethyl adjacent to an activating group) is 1. The number of hydrogen-bond donors (Lipinski definition) is 4. The lowest BCUT2D eigenvalue weighted by atomic mass is 9.44. The second-order valence-corrected chi connectivity index (χ2v) is 19.0. The number of nitrogens with zero attached hydrogens (tertiary/aromatic N) is 1. The zero-order valence-corrected chi connectivity index (χ0v) is 40.6. The predicted octanol–water partition coefficient (Wildman–Crippen LogP) is 5.22. The van der Waals surface area contributed by atoms with Crippen molar-refractivity contribution < 1.29 is 69.8 Å². The predicted molar refractivity (Wildman–Crippen MR) is 242 cm³/mol. The molecule has 3 saturated carbocycles. The number of ketones is 2. The summed E-state index contributed by atoms with van der Waals surface area (Å²) in [4.78, 5) is 49.6. The van der Waals surface area contributed by atoms with Crippen molar-refractivity contribution >= 4 is 29.1 Å². The van der Waals surface area contributed by atoms with Gasteiger partial charge in [-0.25, -0.2) is 9.18 Å². The molecule has 0 unspecified atom stereocenters. The third kappa shape index (κ3) is 10.4. The van der Waals surface area contributed by atoms with Crippen LogP contribution in [-0.2, 0) is 14.3 Å². The third-order valence-electron chi connectivity index (χ3n) is 15.4. The Morgan fingerprint density at radius 3 is 2.25 bits per heavy atom. The molecule has 0 aromatic heterocycles. The minimum atomic E-state index is -1.98. The van der Waals surface area contributed by atoms with E-state index in [4.69, 9.17) is 9.47 Å². The number of quaternary nitrogens is 1. The molecule has 354 valence electrons. The molecule has 4 aliphatic carbocycles. The molecular formula is C51H72BrFN2O9. The van der Waals surface area contributed by atoms with E-state index in [0.717, 1.165) is 37.0 Å². The van der Waals surface area contributed by atoms with Gasteiger partial charge in [-0.15, -0.1) is 0 Å². The number of aliphatic hydroxyl groups is 3. The summed E-state index contributed by atoms with van der Waals surface area (Å²) in [5.41, 5.74) is -3.60. The fourth-order valence-corrected chi connectivity index (χ4v) is 11.0. The van der Waals surface area contributed by atoms with Gasteiger partial charge in [0.25, 0.3) is 5.91 Å². The molecule has 3 fully saturated rings. The second-order valence-electron chi connectivity index (χ2n) is 19.0. The number of allylic oxidation sites excluding steroid dienone is 4. The zero-order chi connectivity index (χ0) is 46.2. The van der Waals surface area contributed by atoms with Crippen LogP contribution in [-0.4, -0.2) is 107 Å². The number of aliphatic hydroxyl groups excluding tert-OH is 2. The van der Waals surface area contributed by atoms with E-state index in [2.05, 4.69) is 33.1 Å². The van der Waals surface area contributed by atoms with Crippen molar-refractivity contribution in [3.63, 3.8) is 0 Å². The van der Waals surface area contributed by atoms with Gasteiger partial charge in [-0.05, 0) is 113 Å². The Morgan fingerprint density at radius 2 is 1.59 bits per heavy atom. The Kier molecular flexibility index (Phi) is 18.3. The van der Waals surface area contributed by atoms with E-state index in [0.29, 0.717) is 60.6 Å². The molecule has 2 aromatic carbocycles. The van der Waals surface area contributed by atoms with Gasteiger partial charge in [-0.2, -0.15) is 0 Å². The monoisotopic (exact) mass is 954 g/mol. The number of halogens is 2. The van der Waals surface area contributed by atoms with E-state index < -0.39 is 52.4 Å². The normalized spacial score (nSPS) is 29.1. The van der Waals surface area contributed by atoms with Crippen molar-refractivity contribution in [2.45, 2.75) is 123 Å². The van der Waals surface area contributed by atoms with Crippen molar-refractivity contribution in [3.05, 3.63) is 83.5 Å². The summed E-state index contributed by atoms with van der Waals surface area (Å²) in [6.07, 6.45) is 11.6. The molecule has 0 spiro atoms. The van der Waals surface area contributed by atoms with Crippen LogP contribution in [0.5, 0.6) is 5.75 Å². The number of anilines is 1. The highest BCUT2D eigenvalue weighted by molar-refractivity contribution is 6.06. The number of ether oxygens (including phenoxy) is 2. The number of amides is 1. The van der Waals surface area contributed by atoms with Gasteiger partial charge in [0.15, 0.2) is 17.2 Å². The summed E-state index contributed by atoms with van der Waals surface area (Å²) in [6, 6.07) is 14.1. The van der Waals surface area contributed by atoms with E-state index in [9.17, 15) is 34.5 Å². The molecule has 11 nitrogen and oxygen atoms in total. The van der Waals surface area contributed by atoms with E-state index in [-0.39, 0.29) is 47.0 Å². The van der Waals surface area contributed by atoms with Crippen molar-refractivity contribution in [3.8, 4) is 5.75 Å². The number of para-hydroxylation sites is 1. The SMILES string of the molecule is CCCCCCCCOc1ccccc1C(=O)Nc1ccc(C(=O)OCC[N+](C)(CC)CC)cc1.C[C@@H]1C[C@H]2[C@@H]3CCC4=CC(=O)C=C[C@]4(C)[C@@]3(F)[C@@H](O)C[C@]2(C)[C@@]1(O)C(=O)CO.[Br-]. The van der Waals surface area contributed by atoms with E-state index in [1.54, 1.807) is 57.2 Å². The van der Waals surface area contributed by atoms with Crippen LogP contribution in [0.2, 0.25) is 0 Å². The van der Waals surface area contributed by atoms with Crippen LogP contribution in [0.1, 0.15) is 126 Å². The maximum absolute atomic E-state index is 16.9. The first-order valence-electron chi connectivity index (χ1n) is 23.2. The minimum absolute atomic E-state index is 0. The van der Waals surface area contributed by atoms with Crippen molar-refractivity contribution in [1.29, 1.82) is 0 Å². The second kappa shape index (κ2) is 22.2. The first-order valence-corrected chi connectivity index (χ1v) is 23.2. The topological polar surface area (TPSA) is 159 Å². The molecule has 0 bridgehead atoms. The third-order valence-corrected chi connectivity index (χ3v) is 15.4. The van der Waals surface area contributed by atoms with Crippen LogP contribution in [0, 0.1) is 28.6 Å². The Bertz CT molecular complexity index is 2000. The number of fused-ring (bicyclic) bond motifs is 5. The molecule has 1 amide bonds. The van der Waals surface area contributed by atoms with Gasteiger partial charge in [0, 0.05) is 22.4 Å². The standard InChI is InChI=1S/C29H42N2O4.C22H29FO5.BrH/c1-5-8-9-10-11-14-22-34-27-16-13-12-15-26(27)28(32)30-25-19-17-24(18-20-25)29(33)35-23-21-31(4,6-2)7-3;1-12-8-16-15-5-4-13-9-14(25)6-7-19(13,2)21(15,23)17(26)10-20(16,3)22(12,28)18(27)11-24;/h12-13,15-20H,5-11,14,21-23H2,1-4H3;6-7,9,12,15-17,24,26,28H,4-5,8,10-11H2,1-3H3;1H/t;12-,15+,16+,17+,19+,20+,21+,22+;/m.1./s1. The van der Waals surface area contributed by atoms with Crippen LogP contribution >= 0.6 is 0 Å².